The minimum absolute atomic E-state index is 0.0167. The molecule has 2 N–H and O–H groups in total. The monoisotopic (exact) mass is 239 g/mol. The zero-order valence-corrected chi connectivity index (χ0v) is 10.4. The summed E-state index contributed by atoms with van der Waals surface area (Å²) in [6.45, 7) is 5.89. The fourth-order valence-corrected chi connectivity index (χ4v) is 2.38. The van der Waals surface area contributed by atoms with Gasteiger partial charge in [0.2, 0.25) is 5.91 Å². The van der Waals surface area contributed by atoms with Crippen molar-refractivity contribution in [2.24, 2.45) is 11.8 Å². The largest absolute Gasteiger partial charge is 0.347 e. The molecular formula is C11H17N3OS. The Kier molecular flexibility index (Phi) is 3.56. The van der Waals surface area contributed by atoms with Gasteiger partial charge in [0, 0.05) is 17.5 Å². The first-order valence-corrected chi connectivity index (χ1v) is 6.47. The maximum atomic E-state index is 11.9. The van der Waals surface area contributed by atoms with E-state index in [9.17, 15) is 4.79 Å². The highest BCUT2D eigenvalue weighted by atomic mass is 32.1. The first-order chi connectivity index (χ1) is 7.68. The molecule has 0 bridgehead atoms. The van der Waals surface area contributed by atoms with E-state index in [1.54, 1.807) is 17.5 Å². The van der Waals surface area contributed by atoms with E-state index in [0.717, 1.165) is 18.1 Å². The van der Waals surface area contributed by atoms with E-state index in [-0.39, 0.29) is 17.9 Å². The average molecular weight is 239 g/mol. The third-order valence-electron chi connectivity index (χ3n) is 3.11. The van der Waals surface area contributed by atoms with Gasteiger partial charge in [-0.25, -0.2) is 4.98 Å². The van der Waals surface area contributed by atoms with Crippen LogP contribution in [0.5, 0.6) is 0 Å². The lowest BCUT2D eigenvalue weighted by molar-refractivity contribution is -0.127. The van der Waals surface area contributed by atoms with E-state index in [4.69, 9.17) is 0 Å². The van der Waals surface area contributed by atoms with Crippen molar-refractivity contribution >= 4 is 17.2 Å². The number of rotatable bonds is 4. The molecular weight excluding hydrogens is 222 g/mol. The van der Waals surface area contributed by atoms with Gasteiger partial charge < -0.3 is 10.6 Å². The Hall–Kier alpha value is -0.940. The highest BCUT2D eigenvalue weighted by molar-refractivity contribution is 7.09. The average Bonchev–Trinajstić information content (AvgIpc) is 2.67. The van der Waals surface area contributed by atoms with Crippen LogP contribution >= 0.6 is 11.3 Å². The number of amides is 1. The molecule has 0 aromatic carbocycles. The molecule has 1 aliphatic rings. The Morgan fingerprint density at radius 2 is 2.38 bits per heavy atom. The Morgan fingerprint density at radius 1 is 1.62 bits per heavy atom. The molecule has 5 heteroatoms. The predicted molar refractivity (Wildman–Crippen MR) is 64.2 cm³/mol. The number of aromatic nitrogens is 1. The predicted octanol–water partition coefficient (Wildman–Crippen LogP) is 1.18. The van der Waals surface area contributed by atoms with Crippen molar-refractivity contribution in [2.45, 2.75) is 19.9 Å². The molecule has 16 heavy (non-hydrogen) atoms. The molecule has 1 aromatic heterocycles. The molecule has 1 aromatic rings. The summed E-state index contributed by atoms with van der Waals surface area (Å²) >= 11 is 1.57. The Balaban J connectivity index is 1.86. The molecule has 2 rings (SSSR count). The smallest absolute Gasteiger partial charge is 0.223 e. The molecule has 0 spiro atoms. The molecule has 2 atom stereocenters. The number of thiazole rings is 1. The third kappa shape index (κ3) is 2.41. The topological polar surface area (TPSA) is 54.0 Å². The minimum Gasteiger partial charge on any atom is -0.347 e. The lowest BCUT2D eigenvalue weighted by atomic mass is 9.88. The number of carbonyl (C=O) groups is 1. The summed E-state index contributed by atoms with van der Waals surface area (Å²) in [5.41, 5.74) is 0. The Morgan fingerprint density at radius 3 is 2.88 bits per heavy atom. The first-order valence-electron chi connectivity index (χ1n) is 5.59. The van der Waals surface area contributed by atoms with Crippen molar-refractivity contribution < 1.29 is 4.79 Å². The van der Waals surface area contributed by atoms with Gasteiger partial charge in [0.15, 0.2) is 0 Å². The molecule has 88 valence electrons. The first kappa shape index (κ1) is 11.5. The van der Waals surface area contributed by atoms with Gasteiger partial charge in [0.1, 0.15) is 5.01 Å². The van der Waals surface area contributed by atoms with E-state index in [2.05, 4.69) is 15.6 Å². The SMILES string of the molecule is CC(NC(=O)C(C)C1CNC1)c1nccs1. The quantitative estimate of drug-likeness (QED) is 0.829. The standard InChI is InChI=1S/C11H17N3OS/c1-7(9-5-12-6-9)10(15)14-8(2)11-13-3-4-16-11/h3-4,7-9,12H,5-6H2,1-2H3,(H,14,15). The van der Waals surface area contributed by atoms with E-state index >= 15 is 0 Å². The highest BCUT2D eigenvalue weighted by Gasteiger charge is 2.29. The van der Waals surface area contributed by atoms with E-state index in [1.807, 2.05) is 19.2 Å². The second kappa shape index (κ2) is 4.93. The molecule has 2 unspecified atom stereocenters. The van der Waals surface area contributed by atoms with Gasteiger partial charge in [-0.1, -0.05) is 6.92 Å². The van der Waals surface area contributed by atoms with Crippen molar-refractivity contribution in [3.8, 4) is 0 Å². The van der Waals surface area contributed by atoms with Crippen LogP contribution < -0.4 is 10.6 Å². The van der Waals surface area contributed by atoms with Crippen LogP contribution in [-0.2, 0) is 4.79 Å². The lowest BCUT2D eigenvalue weighted by Crippen LogP contribution is -2.49. The van der Waals surface area contributed by atoms with Gasteiger partial charge in [0.25, 0.3) is 0 Å². The second-order valence-corrected chi connectivity index (χ2v) is 5.23. The van der Waals surface area contributed by atoms with Crippen LogP contribution in [0.1, 0.15) is 24.9 Å². The molecule has 0 radical (unpaired) electrons. The Labute approximate surface area is 99.5 Å². The van der Waals surface area contributed by atoms with Crippen LogP contribution in [0.2, 0.25) is 0 Å². The zero-order chi connectivity index (χ0) is 11.5. The molecule has 1 saturated heterocycles. The maximum absolute atomic E-state index is 11.9. The summed E-state index contributed by atoms with van der Waals surface area (Å²) < 4.78 is 0. The van der Waals surface area contributed by atoms with E-state index in [1.165, 1.54) is 0 Å². The van der Waals surface area contributed by atoms with Crippen molar-refractivity contribution in [1.29, 1.82) is 0 Å². The number of hydrogen-bond donors (Lipinski definition) is 2. The van der Waals surface area contributed by atoms with Crippen LogP contribution in [-0.4, -0.2) is 24.0 Å². The summed E-state index contributed by atoms with van der Waals surface area (Å²) in [6, 6.07) is 0.0167. The van der Waals surface area contributed by atoms with Crippen molar-refractivity contribution in [2.75, 3.05) is 13.1 Å². The number of carbonyl (C=O) groups excluding carboxylic acids is 1. The zero-order valence-electron chi connectivity index (χ0n) is 9.56. The van der Waals surface area contributed by atoms with E-state index in [0.29, 0.717) is 5.92 Å². The molecule has 0 saturated carbocycles. The summed E-state index contributed by atoms with van der Waals surface area (Å²) in [7, 11) is 0. The van der Waals surface area contributed by atoms with Crippen LogP contribution in [0, 0.1) is 11.8 Å². The number of hydrogen-bond acceptors (Lipinski definition) is 4. The van der Waals surface area contributed by atoms with Crippen molar-refractivity contribution in [3.05, 3.63) is 16.6 Å². The van der Waals surface area contributed by atoms with Gasteiger partial charge in [-0.15, -0.1) is 11.3 Å². The van der Waals surface area contributed by atoms with Gasteiger partial charge in [0.05, 0.1) is 6.04 Å². The normalized spacial score (nSPS) is 19.9. The molecule has 1 fully saturated rings. The number of nitrogens with one attached hydrogen (secondary N) is 2. The van der Waals surface area contributed by atoms with Crippen LogP contribution in [0.25, 0.3) is 0 Å². The number of nitrogens with zero attached hydrogens (tertiary/aromatic N) is 1. The van der Waals surface area contributed by atoms with Gasteiger partial charge in [-0.3, -0.25) is 4.79 Å². The van der Waals surface area contributed by atoms with Gasteiger partial charge in [-0.2, -0.15) is 0 Å². The summed E-state index contributed by atoms with van der Waals surface area (Å²) in [6.07, 6.45) is 1.77. The maximum Gasteiger partial charge on any atom is 0.223 e. The van der Waals surface area contributed by atoms with Crippen molar-refractivity contribution in [1.82, 2.24) is 15.6 Å². The summed E-state index contributed by atoms with van der Waals surface area (Å²) in [5.74, 6) is 0.710. The molecule has 1 amide bonds. The highest BCUT2D eigenvalue weighted by Crippen LogP contribution is 2.19. The molecule has 4 nitrogen and oxygen atoms in total. The minimum atomic E-state index is 0.0167. The van der Waals surface area contributed by atoms with Crippen LogP contribution in [0.15, 0.2) is 11.6 Å². The summed E-state index contributed by atoms with van der Waals surface area (Å²) in [5, 5.41) is 9.09. The Bertz CT molecular complexity index is 348. The second-order valence-electron chi connectivity index (χ2n) is 4.31. The van der Waals surface area contributed by atoms with Crippen LogP contribution in [0.3, 0.4) is 0 Å². The van der Waals surface area contributed by atoms with Gasteiger partial charge >= 0.3 is 0 Å². The molecule has 1 aliphatic heterocycles. The lowest BCUT2D eigenvalue weighted by Gasteiger charge is -2.32. The fourth-order valence-electron chi connectivity index (χ4n) is 1.73. The van der Waals surface area contributed by atoms with Crippen LogP contribution in [0.4, 0.5) is 0 Å². The third-order valence-corrected chi connectivity index (χ3v) is 4.07. The summed E-state index contributed by atoms with van der Waals surface area (Å²) in [4.78, 5) is 16.1. The van der Waals surface area contributed by atoms with Gasteiger partial charge in [-0.05, 0) is 25.9 Å². The van der Waals surface area contributed by atoms with E-state index < -0.39 is 0 Å². The van der Waals surface area contributed by atoms with Crippen molar-refractivity contribution in [3.63, 3.8) is 0 Å². The molecule has 0 aliphatic carbocycles. The fraction of sp³-hybridized carbons (Fsp3) is 0.636. The molecule has 2 heterocycles.